The molecule has 1 aliphatic carbocycles. The van der Waals surface area contributed by atoms with Crippen molar-refractivity contribution in [1.82, 2.24) is 4.98 Å². The molecule has 0 radical (unpaired) electrons. The quantitative estimate of drug-likeness (QED) is 0.776. The molecule has 3 nitrogen and oxygen atoms in total. The van der Waals surface area contributed by atoms with Crippen molar-refractivity contribution in [2.45, 2.75) is 44.3 Å². The number of aliphatic hydroxyl groups is 2. The highest BCUT2D eigenvalue weighted by Gasteiger charge is 2.39. The summed E-state index contributed by atoms with van der Waals surface area (Å²) >= 11 is 0. The Balaban J connectivity index is 2.23. The van der Waals surface area contributed by atoms with Crippen molar-refractivity contribution in [3.63, 3.8) is 0 Å². The van der Waals surface area contributed by atoms with Crippen LogP contribution in [0.4, 0.5) is 0 Å². The highest BCUT2D eigenvalue weighted by molar-refractivity contribution is 5.21. The fourth-order valence-corrected chi connectivity index (χ4v) is 2.30. The van der Waals surface area contributed by atoms with Gasteiger partial charge in [0.2, 0.25) is 0 Å². The minimum Gasteiger partial charge on any atom is -0.387 e. The van der Waals surface area contributed by atoms with Gasteiger partial charge in [0.25, 0.3) is 0 Å². The van der Waals surface area contributed by atoms with Gasteiger partial charge in [-0.3, -0.25) is 4.98 Å². The van der Waals surface area contributed by atoms with Crippen molar-refractivity contribution < 1.29 is 10.2 Å². The molecule has 1 atom stereocenters. The second-order valence-corrected chi connectivity index (χ2v) is 4.51. The second-order valence-electron chi connectivity index (χ2n) is 4.51. The molecule has 1 heterocycles. The molecule has 1 aliphatic rings. The predicted molar refractivity (Wildman–Crippen MR) is 57.4 cm³/mol. The van der Waals surface area contributed by atoms with Crippen LogP contribution in [0.15, 0.2) is 18.5 Å². The maximum absolute atomic E-state index is 10.2. The summed E-state index contributed by atoms with van der Waals surface area (Å²) in [7, 11) is 0. The molecule has 0 spiro atoms. The summed E-state index contributed by atoms with van der Waals surface area (Å²) in [6.07, 6.45) is 5.93. The average Bonchev–Trinajstić information content (AvgIpc) is 2.65. The number of hydrogen-bond donors (Lipinski definition) is 2. The van der Waals surface area contributed by atoms with E-state index in [-0.39, 0.29) is 0 Å². The highest BCUT2D eigenvalue weighted by atomic mass is 16.3. The van der Waals surface area contributed by atoms with E-state index in [4.69, 9.17) is 0 Å². The summed E-state index contributed by atoms with van der Waals surface area (Å²) in [4.78, 5) is 4.04. The number of hydrogen-bond acceptors (Lipinski definition) is 3. The van der Waals surface area contributed by atoms with Crippen LogP contribution >= 0.6 is 0 Å². The molecule has 15 heavy (non-hydrogen) atoms. The summed E-state index contributed by atoms with van der Waals surface area (Å²) in [5.41, 5.74) is 0.794. The third kappa shape index (κ3) is 2.03. The van der Waals surface area contributed by atoms with E-state index in [0.717, 1.165) is 24.0 Å². The lowest BCUT2D eigenvalue weighted by Crippen LogP contribution is -2.32. The Bertz CT molecular complexity index is 345. The van der Waals surface area contributed by atoms with Crippen molar-refractivity contribution >= 4 is 0 Å². The molecule has 2 rings (SSSR count). The van der Waals surface area contributed by atoms with Crippen LogP contribution in [0, 0.1) is 6.92 Å². The van der Waals surface area contributed by atoms with Gasteiger partial charge in [0.15, 0.2) is 0 Å². The lowest BCUT2D eigenvalue weighted by Gasteiger charge is -2.28. The first-order valence-electron chi connectivity index (χ1n) is 5.44. The first kappa shape index (κ1) is 10.6. The van der Waals surface area contributed by atoms with Gasteiger partial charge in [0.1, 0.15) is 6.10 Å². The first-order valence-corrected chi connectivity index (χ1v) is 5.44. The molecule has 0 amide bonds. The molecule has 1 unspecified atom stereocenters. The van der Waals surface area contributed by atoms with Crippen molar-refractivity contribution in [1.29, 1.82) is 0 Å². The molecule has 1 aromatic rings. The molecular formula is C12H17NO2. The van der Waals surface area contributed by atoms with E-state index in [2.05, 4.69) is 4.98 Å². The van der Waals surface area contributed by atoms with Crippen LogP contribution in [0.5, 0.6) is 0 Å². The Labute approximate surface area is 89.8 Å². The van der Waals surface area contributed by atoms with Crippen molar-refractivity contribution in [2.75, 3.05) is 0 Å². The maximum Gasteiger partial charge on any atom is 0.109 e. The van der Waals surface area contributed by atoms with Crippen molar-refractivity contribution in [3.8, 4) is 0 Å². The fraction of sp³-hybridized carbons (Fsp3) is 0.583. The lowest BCUT2D eigenvalue weighted by atomic mass is 9.90. The SMILES string of the molecule is Cc1cncc(C(O)C2(O)CCCC2)c1. The number of nitrogens with zero attached hydrogens (tertiary/aromatic N) is 1. The van der Waals surface area contributed by atoms with E-state index in [1.165, 1.54) is 0 Å². The topological polar surface area (TPSA) is 53.4 Å². The smallest absolute Gasteiger partial charge is 0.109 e. The van der Waals surface area contributed by atoms with Crippen LogP contribution in [0.1, 0.15) is 42.9 Å². The van der Waals surface area contributed by atoms with E-state index in [1.54, 1.807) is 12.4 Å². The molecule has 0 aliphatic heterocycles. The van der Waals surface area contributed by atoms with E-state index in [0.29, 0.717) is 12.8 Å². The second kappa shape index (κ2) is 3.91. The molecular weight excluding hydrogens is 190 g/mol. The van der Waals surface area contributed by atoms with E-state index < -0.39 is 11.7 Å². The molecule has 1 aromatic heterocycles. The Hall–Kier alpha value is -0.930. The van der Waals surface area contributed by atoms with Gasteiger partial charge in [-0.2, -0.15) is 0 Å². The normalized spacial score (nSPS) is 21.5. The molecule has 0 bridgehead atoms. The molecule has 0 aromatic carbocycles. The number of pyridine rings is 1. The van der Waals surface area contributed by atoms with Gasteiger partial charge < -0.3 is 10.2 Å². The summed E-state index contributed by atoms with van der Waals surface area (Å²) < 4.78 is 0. The third-order valence-electron chi connectivity index (χ3n) is 3.19. The van der Waals surface area contributed by atoms with Gasteiger partial charge in [-0.1, -0.05) is 18.9 Å². The van der Waals surface area contributed by atoms with Crippen LogP contribution in [0.2, 0.25) is 0 Å². The zero-order chi connectivity index (χ0) is 10.9. The van der Waals surface area contributed by atoms with Crippen LogP contribution < -0.4 is 0 Å². The van der Waals surface area contributed by atoms with Gasteiger partial charge in [-0.05, 0) is 25.3 Å². The molecule has 3 heteroatoms. The fourth-order valence-electron chi connectivity index (χ4n) is 2.30. The van der Waals surface area contributed by atoms with Crippen molar-refractivity contribution in [2.24, 2.45) is 0 Å². The molecule has 1 fully saturated rings. The summed E-state index contributed by atoms with van der Waals surface area (Å²) in [5, 5.41) is 20.3. The van der Waals surface area contributed by atoms with Gasteiger partial charge in [0.05, 0.1) is 5.60 Å². The summed E-state index contributed by atoms with van der Waals surface area (Å²) in [6, 6.07) is 1.88. The average molecular weight is 207 g/mol. The molecule has 1 saturated carbocycles. The van der Waals surface area contributed by atoms with Gasteiger partial charge in [-0.25, -0.2) is 0 Å². The summed E-state index contributed by atoms with van der Waals surface area (Å²) in [6.45, 7) is 1.93. The Morgan fingerprint density at radius 1 is 1.33 bits per heavy atom. The highest BCUT2D eigenvalue weighted by Crippen LogP contribution is 2.39. The summed E-state index contributed by atoms with van der Waals surface area (Å²) in [5.74, 6) is 0. The van der Waals surface area contributed by atoms with Gasteiger partial charge in [-0.15, -0.1) is 0 Å². The van der Waals surface area contributed by atoms with Gasteiger partial charge in [0, 0.05) is 18.0 Å². The number of rotatable bonds is 2. The molecule has 82 valence electrons. The number of aromatic nitrogens is 1. The van der Waals surface area contributed by atoms with E-state index in [9.17, 15) is 10.2 Å². The molecule has 2 N–H and O–H groups in total. The van der Waals surface area contributed by atoms with E-state index >= 15 is 0 Å². The third-order valence-corrected chi connectivity index (χ3v) is 3.19. The van der Waals surface area contributed by atoms with Crippen LogP contribution in [0.25, 0.3) is 0 Å². The monoisotopic (exact) mass is 207 g/mol. The van der Waals surface area contributed by atoms with Crippen molar-refractivity contribution in [3.05, 3.63) is 29.6 Å². The first-order chi connectivity index (χ1) is 7.12. The number of aryl methyl sites for hydroxylation is 1. The maximum atomic E-state index is 10.2. The standard InChI is InChI=1S/C12H17NO2/c1-9-6-10(8-13-7-9)11(14)12(15)4-2-3-5-12/h6-8,11,14-15H,2-5H2,1H3. The Morgan fingerprint density at radius 3 is 2.60 bits per heavy atom. The predicted octanol–water partition coefficient (Wildman–Crippen LogP) is 1.73. The van der Waals surface area contributed by atoms with Crippen LogP contribution in [-0.2, 0) is 0 Å². The molecule has 0 saturated heterocycles. The largest absolute Gasteiger partial charge is 0.387 e. The van der Waals surface area contributed by atoms with Crippen LogP contribution in [0.3, 0.4) is 0 Å². The Morgan fingerprint density at radius 2 is 2.00 bits per heavy atom. The minimum absolute atomic E-state index is 0.683. The number of aliphatic hydroxyl groups excluding tert-OH is 1. The lowest BCUT2D eigenvalue weighted by molar-refractivity contribution is -0.0720. The Kier molecular flexibility index (Phi) is 2.76. The zero-order valence-electron chi connectivity index (χ0n) is 8.98. The minimum atomic E-state index is -0.935. The zero-order valence-corrected chi connectivity index (χ0v) is 8.98. The van der Waals surface area contributed by atoms with E-state index in [1.807, 2.05) is 13.0 Å². The van der Waals surface area contributed by atoms with Gasteiger partial charge >= 0.3 is 0 Å². The van der Waals surface area contributed by atoms with Crippen LogP contribution in [-0.4, -0.2) is 20.8 Å².